The molecule has 0 aliphatic rings. The monoisotopic (exact) mass is 303 g/mol. The van der Waals surface area contributed by atoms with E-state index in [4.69, 9.17) is 5.73 Å². The molecule has 2 rings (SSSR count). The zero-order chi connectivity index (χ0) is 16.0. The van der Waals surface area contributed by atoms with Gasteiger partial charge in [-0.05, 0) is 47.5 Å². The lowest BCUT2D eigenvalue weighted by atomic mass is 10.0. The summed E-state index contributed by atoms with van der Waals surface area (Å²) in [6.07, 6.45) is 1.08. The molecular formula is C18H16F3N. The van der Waals surface area contributed by atoms with Gasteiger partial charge in [0.05, 0.1) is 5.56 Å². The molecule has 2 aromatic carbocycles. The second-order valence-corrected chi connectivity index (χ2v) is 4.79. The number of halogens is 3. The van der Waals surface area contributed by atoms with Gasteiger partial charge in [-0.25, -0.2) is 0 Å². The fourth-order valence-electron chi connectivity index (χ4n) is 2.10. The van der Waals surface area contributed by atoms with E-state index in [2.05, 4.69) is 0 Å². The molecule has 0 spiro atoms. The van der Waals surface area contributed by atoms with Crippen molar-refractivity contribution in [3.63, 3.8) is 0 Å². The molecule has 2 N–H and O–H groups in total. The summed E-state index contributed by atoms with van der Waals surface area (Å²) in [4.78, 5) is 0. The van der Waals surface area contributed by atoms with Crippen LogP contribution in [0.4, 0.5) is 13.2 Å². The van der Waals surface area contributed by atoms with Crippen molar-refractivity contribution in [3.05, 3.63) is 89.6 Å². The third-order valence-electron chi connectivity index (χ3n) is 3.20. The lowest BCUT2D eigenvalue weighted by molar-refractivity contribution is -0.137. The van der Waals surface area contributed by atoms with E-state index in [-0.39, 0.29) is 0 Å². The van der Waals surface area contributed by atoms with Crippen molar-refractivity contribution >= 4 is 5.57 Å². The van der Waals surface area contributed by atoms with E-state index in [1.165, 1.54) is 12.3 Å². The van der Waals surface area contributed by atoms with E-state index in [0.29, 0.717) is 17.6 Å². The molecule has 0 bridgehead atoms. The third kappa shape index (κ3) is 4.25. The standard InChI is InChI=1S/C18H16F3N/c19-18(20,21)17-8-4-7-16(13-17)15(11-12-22)10-9-14-5-2-1-3-6-14/h1-8,10-13H,9,22H2/b12-11-,15-10+. The molecule has 0 saturated heterocycles. The van der Waals surface area contributed by atoms with Crippen LogP contribution < -0.4 is 5.73 Å². The van der Waals surface area contributed by atoms with Crippen molar-refractivity contribution < 1.29 is 13.2 Å². The van der Waals surface area contributed by atoms with Crippen LogP contribution in [0.25, 0.3) is 5.57 Å². The summed E-state index contributed by atoms with van der Waals surface area (Å²) in [5.74, 6) is 0. The Morgan fingerprint density at radius 3 is 2.36 bits per heavy atom. The van der Waals surface area contributed by atoms with Gasteiger partial charge < -0.3 is 5.73 Å². The largest absolute Gasteiger partial charge is 0.416 e. The van der Waals surface area contributed by atoms with Crippen molar-refractivity contribution in [3.8, 4) is 0 Å². The molecule has 0 atom stereocenters. The summed E-state index contributed by atoms with van der Waals surface area (Å²) in [5.41, 5.74) is 6.99. The highest BCUT2D eigenvalue weighted by Gasteiger charge is 2.30. The second kappa shape index (κ2) is 6.98. The third-order valence-corrected chi connectivity index (χ3v) is 3.20. The highest BCUT2D eigenvalue weighted by Crippen LogP contribution is 2.31. The molecule has 0 unspecified atom stereocenters. The van der Waals surface area contributed by atoms with Gasteiger partial charge in [-0.3, -0.25) is 0 Å². The molecule has 0 aliphatic carbocycles. The fourth-order valence-corrected chi connectivity index (χ4v) is 2.10. The minimum Gasteiger partial charge on any atom is -0.405 e. The van der Waals surface area contributed by atoms with Crippen molar-refractivity contribution in [1.29, 1.82) is 0 Å². The molecule has 0 saturated carbocycles. The Hall–Kier alpha value is -2.49. The van der Waals surface area contributed by atoms with Crippen molar-refractivity contribution in [2.24, 2.45) is 5.73 Å². The minimum atomic E-state index is -4.35. The first-order valence-electron chi connectivity index (χ1n) is 6.80. The Balaban J connectivity index is 2.32. The van der Waals surface area contributed by atoms with Crippen molar-refractivity contribution in [2.75, 3.05) is 0 Å². The van der Waals surface area contributed by atoms with Crippen LogP contribution in [0.3, 0.4) is 0 Å². The number of hydrogen-bond donors (Lipinski definition) is 1. The number of hydrogen-bond acceptors (Lipinski definition) is 1. The van der Waals surface area contributed by atoms with E-state index < -0.39 is 11.7 Å². The minimum absolute atomic E-state index is 0.493. The Morgan fingerprint density at radius 1 is 1.00 bits per heavy atom. The van der Waals surface area contributed by atoms with Crippen LogP contribution in [0.15, 0.2) is 72.9 Å². The zero-order valence-corrected chi connectivity index (χ0v) is 11.8. The number of rotatable bonds is 4. The molecule has 0 aliphatic heterocycles. The summed E-state index contributed by atoms with van der Waals surface area (Å²) in [7, 11) is 0. The first-order chi connectivity index (χ1) is 10.5. The Labute approximate surface area is 127 Å². The summed E-state index contributed by atoms with van der Waals surface area (Å²) in [6, 6.07) is 14.9. The molecule has 0 radical (unpaired) electrons. The summed E-state index contributed by atoms with van der Waals surface area (Å²) in [5, 5.41) is 0. The average Bonchev–Trinajstić information content (AvgIpc) is 2.52. The highest BCUT2D eigenvalue weighted by molar-refractivity contribution is 5.74. The van der Waals surface area contributed by atoms with Gasteiger partial charge in [-0.2, -0.15) is 13.2 Å². The maximum atomic E-state index is 12.8. The zero-order valence-electron chi connectivity index (χ0n) is 11.8. The molecule has 1 nitrogen and oxygen atoms in total. The fraction of sp³-hybridized carbons (Fsp3) is 0.111. The van der Waals surface area contributed by atoms with Gasteiger partial charge >= 0.3 is 6.18 Å². The number of allylic oxidation sites excluding steroid dienone is 3. The first kappa shape index (κ1) is 15.9. The molecule has 0 fully saturated rings. The predicted molar refractivity (Wildman–Crippen MR) is 82.9 cm³/mol. The lowest BCUT2D eigenvalue weighted by Gasteiger charge is -2.09. The molecular weight excluding hydrogens is 287 g/mol. The van der Waals surface area contributed by atoms with Gasteiger partial charge in [0.15, 0.2) is 0 Å². The molecule has 0 aromatic heterocycles. The topological polar surface area (TPSA) is 26.0 Å². The van der Waals surface area contributed by atoms with Crippen LogP contribution in [-0.2, 0) is 12.6 Å². The van der Waals surface area contributed by atoms with Gasteiger partial charge in [0.1, 0.15) is 0 Å². The maximum Gasteiger partial charge on any atom is 0.416 e. The van der Waals surface area contributed by atoms with Crippen LogP contribution in [0, 0.1) is 0 Å². The Bertz CT molecular complexity index is 670. The van der Waals surface area contributed by atoms with E-state index in [1.54, 1.807) is 12.1 Å². The average molecular weight is 303 g/mol. The van der Waals surface area contributed by atoms with Gasteiger partial charge in [-0.1, -0.05) is 48.5 Å². The SMILES string of the molecule is N/C=C\C(=C/Cc1ccccc1)c1cccc(C(F)(F)F)c1. The maximum absolute atomic E-state index is 12.8. The van der Waals surface area contributed by atoms with Crippen LogP contribution in [0.5, 0.6) is 0 Å². The van der Waals surface area contributed by atoms with E-state index in [9.17, 15) is 13.2 Å². The van der Waals surface area contributed by atoms with E-state index in [0.717, 1.165) is 17.7 Å². The molecule has 114 valence electrons. The van der Waals surface area contributed by atoms with Gasteiger partial charge in [-0.15, -0.1) is 0 Å². The van der Waals surface area contributed by atoms with E-state index in [1.807, 2.05) is 36.4 Å². The quantitative estimate of drug-likeness (QED) is 0.806. The number of alkyl halides is 3. The Kier molecular flexibility index (Phi) is 5.04. The number of nitrogens with two attached hydrogens (primary N) is 1. The van der Waals surface area contributed by atoms with Crippen LogP contribution in [-0.4, -0.2) is 0 Å². The van der Waals surface area contributed by atoms with Gasteiger partial charge in [0, 0.05) is 0 Å². The molecule has 0 amide bonds. The van der Waals surface area contributed by atoms with E-state index >= 15 is 0 Å². The van der Waals surface area contributed by atoms with Crippen molar-refractivity contribution in [1.82, 2.24) is 0 Å². The first-order valence-corrected chi connectivity index (χ1v) is 6.80. The molecule has 22 heavy (non-hydrogen) atoms. The van der Waals surface area contributed by atoms with Crippen LogP contribution in [0.2, 0.25) is 0 Å². The molecule has 0 heterocycles. The van der Waals surface area contributed by atoms with Crippen LogP contribution in [0.1, 0.15) is 16.7 Å². The van der Waals surface area contributed by atoms with Crippen LogP contribution >= 0.6 is 0 Å². The summed E-state index contributed by atoms with van der Waals surface area (Å²) >= 11 is 0. The smallest absolute Gasteiger partial charge is 0.405 e. The molecule has 2 aromatic rings. The summed E-state index contributed by atoms with van der Waals surface area (Å²) in [6.45, 7) is 0. The number of benzene rings is 2. The Morgan fingerprint density at radius 2 is 1.73 bits per heavy atom. The predicted octanol–water partition coefficient (Wildman–Crippen LogP) is 4.80. The van der Waals surface area contributed by atoms with Gasteiger partial charge in [0.25, 0.3) is 0 Å². The van der Waals surface area contributed by atoms with Crippen molar-refractivity contribution in [2.45, 2.75) is 12.6 Å². The highest BCUT2D eigenvalue weighted by atomic mass is 19.4. The lowest BCUT2D eigenvalue weighted by Crippen LogP contribution is -2.05. The molecule has 4 heteroatoms. The van der Waals surface area contributed by atoms with Gasteiger partial charge in [0.2, 0.25) is 0 Å². The normalized spacial score (nSPS) is 12.8. The summed E-state index contributed by atoms with van der Waals surface area (Å²) < 4.78 is 38.4. The second-order valence-electron chi connectivity index (χ2n) is 4.79.